The molecule has 5 nitrogen and oxygen atoms in total. The number of aromatic nitrogens is 4. The molecule has 0 atom stereocenters. The highest BCUT2D eigenvalue weighted by Crippen LogP contribution is 2.70. The first kappa shape index (κ1) is 31.7. The number of pyridine rings is 1. The van der Waals surface area contributed by atoms with E-state index in [1.54, 1.807) is 11.1 Å². The molecule has 0 amide bonds. The van der Waals surface area contributed by atoms with Crippen LogP contribution in [0.1, 0.15) is 43.2 Å². The van der Waals surface area contributed by atoms with Crippen LogP contribution in [0.15, 0.2) is 150 Å². The van der Waals surface area contributed by atoms with Gasteiger partial charge in [-0.3, -0.25) is 4.98 Å². The fraction of sp³-hybridized carbons (Fsp3) is 0.192. The van der Waals surface area contributed by atoms with Gasteiger partial charge in [0.15, 0.2) is 17.5 Å². The van der Waals surface area contributed by atoms with E-state index in [-0.39, 0.29) is 5.41 Å². The van der Waals surface area contributed by atoms with Gasteiger partial charge in [0.05, 0.1) is 5.69 Å². The Morgan fingerprint density at radius 3 is 1.88 bits per heavy atom. The van der Waals surface area contributed by atoms with Crippen LogP contribution < -0.4 is 0 Å². The van der Waals surface area contributed by atoms with Gasteiger partial charge in [-0.2, -0.15) is 0 Å². The number of nitrogens with zero attached hydrogens (tertiary/aromatic N) is 4. The molecule has 6 aromatic carbocycles. The van der Waals surface area contributed by atoms with Gasteiger partial charge in [0.2, 0.25) is 0 Å². The van der Waals surface area contributed by atoms with Crippen LogP contribution in [0.3, 0.4) is 0 Å². The minimum absolute atomic E-state index is 0.0950. The zero-order chi connectivity index (χ0) is 37.2. The van der Waals surface area contributed by atoms with Crippen molar-refractivity contribution in [3.63, 3.8) is 0 Å². The van der Waals surface area contributed by atoms with Crippen LogP contribution in [-0.4, -0.2) is 19.9 Å². The second-order valence-corrected chi connectivity index (χ2v) is 17.0. The zero-order valence-corrected chi connectivity index (χ0v) is 31.4. The van der Waals surface area contributed by atoms with Crippen molar-refractivity contribution in [2.24, 2.45) is 23.7 Å². The van der Waals surface area contributed by atoms with Crippen LogP contribution in [0.5, 0.6) is 0 Å². The van der Waals surface area contributed by atoms with Gasteiger partial charge in [0.1, 0.15) is 11.2 Å². The molecule has 4 fully saturated rings. The SMILES string of the molecule is c1ccc(-c2nc(-c3ccc(-c4ccccn4)cc3)nc(-c3cc4oc5ccc6c(c5c4c4ccccc34)-c3ccccc3C63C4CC5CC(C4)CC3C5)n2)cc1. The van der Waals surface area contributed by atoms with Crippen molar-refractivity contribution in [1.29, 1.82) is 0 Å². The van der Waals surface area contributed by atoms with E-state index in [1.165, 1.54) is 54.0 Å². The molecule has 5 aliphatic carbocycles. The number of hydrogen-bond donors (Lipinski definition) is 0. The van der Waals surface area contributed by atoms with Gasteiger partial charge in [0.25, 0.3) is 0 Å². The van der Waals surface area contributed by atoms with Gasteiger partial charge >= 0.3 is 0 Å². The van der Waals surface area contributed by atoms with Crippen molar-refractivity contribution >= 4 is 32.7 Å². The zero-order valence-electron chi connectivity index (χ0n) is 31.4. The summed E-state index contributed by atoms with van der Waals surface area (Å²) in [5, 5.41) is 4.68. The number of benzene rings is 6. The van der Waals surface area contributed by atoms with E-state index in [1.807, 2.05) is 42.6 Å². The van der Waals surface area contributed by atoms with Gasteiger partial charge in [-0.15, -0.1) is 0 Å². The molecule has 5 aliphatic rings. The summed E-state index contributed by atoms with van der Waals surface area (Å²) in [5.41, 5.74) is 12.6. The fourth-order valence-electron chi connectivity index (χ4n) is 12.2. The largest absolute Gasteiger partial charge is 0.456 e. The molecule has 0 unspecified atom stereocenters. The summed E-state index contributed by atoms with van der Waals surface area (Å²) in [7, 11) is 0. The fourth-order valence-corrected chi connectivity index (χ4v) is 12.2. The third kappa shape index (κ3) is 4.45. The van der Waals surface area contributed by atoms with Crippen LogP contribution in [0, 0.1) is 23.7 Å². The summed E-state index contributed by atoms with van der Waals surface area (Å²) in [4.78, 5) is 20.0. The predicted octanol–water partition coefficient (Wildman–Crippen LogP) is 12.7. The Morgan fingerprint density at radius 1 is 0.474 bits per heavy atom. The Hall–Kier alpha value is -6.46. The maximum atomic E-state index is 6.96. The lowest BCUT2D eigenvalue weighted by atomic mass is 9.43. The average molecular weight is 735 g/mol. The standard InChI is InChI=1S/C52H38N4O/c1-2-10-33(11-3-1)49-54-50(34-19-17-32(18-20-34)43-16-8-9-23-53-43)56-51(55-49)40-29-45-47(38-13-5-4-12-37(38)40)48-44(57-45)22-21-42-46(48)39-14-6-7-15-41(39)52(42)35-25-30-24-31(27-35)28-36(52)26-30/h1-23,29-31,35-36H,24-28H2. The molecule has 0 saturated heterocycles. The van der Waals surface area contributed by atoms with Crippen molar-refractivity contribution in [3.8, 4) is 56.5 Å². The predicted molar refractivity (Wildman–Crippen MR) is 227 cm³/mol. The van der Waals surface area contributed by atoms with E-state index >= 15 is 0 Å². The van der Waals surface area contributed by atoms with Crippen LogP contribution in [0.2, 0.25) is 0 Å². The molecule has 1 spiro atoms. The van der Waals surface area contributed by atoms with Crippen molar-refractivity contribution in [2.45, 2.75) is 37.5 Å². The Bertz CT molecular complexity index is 3050. The molecule has 4 saturated carbocycles. The molecule has 0 radical (unpaired) electrons. The third-order valence-corrected chi connectivity index (χ3v) is 14.2. The third-order valence-electron chi connectivity index (χ3n) is 14.2. The second-order valence-electron chi connectivity index (χ2n) is 17.0. The molecular weight excluding hydrogens is 697 g/mol. The lowest BCUT2D eigenvalue weighted by Gasteiger charge is -2.61. The van der Waals surface area contributed by atoms with E-state index in [2.05, 4.69) is 108 Å². The Kier molecular flexibility index (Phi) is 6.55. The van der Waals surface area contributed by atoms with Gasteiger partial charge in [0, 0.05) is 44.6 Å². The van der Waals surface area contributed by atoms with E-state index in [0.717, 1.165) is 61.7 Å². The molecule has 3 aromatic heterocycles. The lowest BCUT2D eigenvalue weighted by Crippen LogP contribution is -2.55. The van der Waals surface area contributed by atoms with Crippen molar-refractivity contribution < 1.29 is 4.42 Å². The normalized spacial score (nSPS) is 22.8. The van der Waals surface area contributed by atoms with Gasteiger partial charge in [-0.05, 0) is 113 Å². The Labute approximate surface area is 330 Å². The second kappa shape index (κ2) is 11.8. The van der Waals surface area contributed by atoms with Crippen molar-refractivity contribution in [2.75, 3.05) is 0 Å². The van der Waals surface area contributed by atoms with Crippen LogP contribution in [-0.2, 0) is 5.41 Å². The highest BCUT2D eigenvalue weighted by Gasteiger charge is 2.61. The van der Waals surface area contributed by atoms with Crippen molar-refractivity contribution in [3.05, 3.63) is 157 Å². The summed E-state index contributed by atoms with van der Waals surface area (Å²) in [5.74, 6) is 5.09. The summed E-state index contributed by atoms with van der Waals surface area (Å²) in [6.07, 6.45) is 8.73. The van der Waals surface area contributed by atoms with Crippen LogP contribution >= 0.6 is 0 Å². The van der Waals surface area contributed by atoms with E-state index in [4.69, 9.17) is 19.4 Å². The summed E-state index contributed by atoms with van der Waals surface area (Å²) in [6, 6.07) is 49.5. The minimum Gasteiger partial charge on any atom is -0.456 e. The Morgan fingerprint density at radius 2 is 1.12 bits per heavy atom. The lowest BCUT2D eigenvalue weighted by molar-refractivity contribution is -0.0399. The monoisotopic (exact) mass is 734 g/mol. The molecule has 14 rings (SSSR count). The number of furan rings is 1. The topological polar surface area (TPSA) is 64.7 Å². The molecular formula is C52H38N4O. The van der Waals surface area contributed by atoms with Gasteiger partial charge < -0.3 is 4.42 Å². The molecule has 57 heavy (non-hydrogen) atoms. The first-order valence-corrected chi connectivity index (χ1v) is 20.6. The van der Waals surface area contributed by atoms with Crippen molar-refractivity contribution in [1.82, 2.24) is 19.9 Å². The number of rotatable bonds is 4. The molecule has 4 bridgehead atoms. The molecule has 272 valence electrons. The Balaban J connectivity index is 1.03. The van der Waals surface area contributed by atoms with E-state index < -0.39 is 0 Å². The highest BCUT2D eigenvalue weighted by atomic mass is 16.3. The average Bonchev–Trinajstić information content (AvgIpc) is 3.79. The smallest absolute Gasteiger partial charge is 0.164 e. The molecule has 5 heteroatoms. The van der Waals surface area contributed by atoms with E-state index in [0.29, 0.717) is 29.3 Å². The maximum absolute atomic E-state index is 6.96. The number of hydrogen-bond acceptors (Lipinski definition) is 5. The first-order valence-electron chi connectivity index (χ1n) is 20.6. The minimum atomic E-state index is 0.0950. The number of fused-ring (bicyclic) bond motifs is 9. The maximum Gasteiger partial charge on any atom is 0.164 e. The summed E-state index contributed by atoms with van der Waals surface area (Å²) >= 11 is 0. The molecule has 9 aromatic rings. The first-order chi connectivity index (χ1) is 28.2. The van der Waals surface area contributed by atoms with Crippen LogP contribution in [0.4, 0.5) is 0 Å². The van der Waals surface area contributed by atoms with E-state index in [9.17, 15) is 0 Å². The molecule has 0 N–H and O–H groups in total. The summed E-state index contributed by atoms with van der Waals surface area (Å²) in [6.45, 7) is 0. The van der Waals surface area contributed by atoms with Gasteiger partial charge in [-0.1, -0.05) is 115 Å². The van der Waals surface area contributed by atoms with Gasteiger partial charge in [-0.25, -0.2) is 15.0 Å². The van der Waals surface area contributed by atoms with Crippen LogP contribution in [0.25, 0.3) is 89.3 Å². The highest BCUT2D eigenvalue weighted by molar-refractivity contribution is 6.26. The molecule has 3 heterocycles. The quantitative estimate of drug-likeness (QED) is 0.180. The summed E-state index contributed by atoms with van der Waals surface area (Å²) < 4.78 is 6.96. The molecule has 0 aliphatic heterocycles.